The molecule has 3 heteroatoms. The Kier molecular flexibility index (Phi) is 3.21. The predicted octanol–water partition coefficient (Wildman–Crippen LogP) is 3.58. The third-order valence-corrected chi connectivity index (χ3v) is 3.81. The lowest BCUT2D eigenvalue weighted by atomic mass is 9.97. The zero-order valence-electron chi connectivity index (χ0n) is 10.8. The van der Waals surface area contributed by atoms with E-state index in [0.29, 0.717) is 6.54 Å². The van der Waals surface area contributed by atoms with Crippen LogP contribution < -0.4 is 10.5 Å². The Balaban J connectivity index is 2.10. The number of halogens is 1. The molecule has 0 saturated heterocycles. The summed E-state index contributed by atoms with van der Waals surface area (Å²) in [4.78, 5) is 0. The van der Waals surface area contributed by atoms with E-state index in [4.69, 9.17) is 22.1 Å². The van der Waals surface area contributed by atoms with E-state index < -0.39 is 0 Å². The summed E-state index contributed by atoms with van der Waals surface area (Å²) >= 11 is 6.02. The largest absolute Gasteiger partial charge is 0.488 e. The maximum absolute atomic E-state index is 6.02. The van der Waals surface area contributed by atoms with Gasteiger partial charge >= 0.3 is 0 Å². The first-order valence-electron chi connectivity index (χ1n) is 6.44. The van der Waals surface area contributed by atoms with Crippen LogP contribution in [0.15, 0.2) is 36.4 Å². The van der Waals surface area contributed by atoms with Gasteiger partial charge in [-0.3, -0.25) is 0 Å². The van der Waals surface area contributed by atoms with Crippen LogP contribution in [0, 0.1) is 6.92 Å². The van der Waals surface area contributed by atoms with Crippen LogP contribution in [0.3, 0.4) is 0 Å². The van der Waals surface area contributed by atoms with Gasteiger partial charge in [-0.25, -0.2) is 0 Å². The molecule has 1 aliphatic heterocycles. The van der Waals surface area contributed by atoms with E-state index in [-0.39, 0.29) is 6.10 Å². The Morgan fingerprint density at radius 2 is 2.11 bits per heavy atom. The molecule has 0 spiro atoms. The zero-order valence-corrected chi connectivity index (χ0v) is 11.6. The van der Waals surface area contributed by atoms with E-state index in [2.05, 4.69) is 25.1 Å². The second-order valence-corrected chi connectivity index (χ2v) is 5.37. The summed E-state index contributed by atoms with van der Waals surface area (Å²) in [6.45, 7) is 2.61. The minimum Gasteiger partial charge on any atom is -0.488 e. The van der Waals surface area contributed by atoms with Crippen molar-refractivity contribution in [3.8, 4) is 16.9 Å². The summed E-state index contributed by atoms with van der Waals surface area (Å²) < 4.78 is 5.97. The lowest BCUT2D eigenvalue weighted by Gasteiger charge is -2.12. The fourth-order valence-corrected chi connectivity index (χ4v) is 2.84. The minimum atomic E-state index is 0.101. The molecule has 0 amide bonds. The van der Waals surface area contributed by atoms with Crippen molar-refractivity contribution in [2.75, 3.05) is 6.54 Å². The molecule has 1 heterocycles. The smallest absolute Gasteiger partial charge is 0.130 e. The quantitative estimate of drug-likeness (QED) is 0.908. The molecule has 98 valence electrons. The maximum Gasteiger partial charge on any atom is 0.130 e. The van der Waals surface area contributed by atoms with Gasteiger partial charge in [-0.15, -0.1) is 0 Å². The molecule has 2 N–H and O–H groups in total. The van der Waals surface area contributed by atoms with Crippen molar-refractivity contribution in [3.05, 3.63) is 52.5 Å². The van der Waals surface area contributed by atoms with Crippen molar-refractivity contribution < 1.29 is 4.74 Å². The van der Waals surface area contributed by atoms with Crippen molar-refractivity contribution in [3.63, 3.8) is 0 Å². The average Bonchev–Trinajstić information content (AvgIpc) is 2.82. The van der Waals surface area contributed by atoms with Gasteiger partial charge < -0.3 is 10.5 Å². The highest BCUT2D eigenvalue weighted by Gasteiger charge is 2.24. The van der Waals surface area contributed by atoms with Crippen LogP contribution in [-0.2, 0) is 6.42 Å². The number of para-hydroxylation sites is 1. The molecule has 0 saturated carbocycles. The summed E-state index contributed by atoms with van der Waals surface area (Å²) in [6.07, 6.45) is 0.996. The first-order valence-corrected chi connectivity index (χ1v) is 6.82. The molecule has 1 atom stereocenters. The highest BCUT2D eigenvalue weighted by atomic mass is 35.5. The Morgan fingerprint density at radius 3 is 2.84 bits per heavy atom. The number of ether oxygens (including phenoxy) is 1. The third-order valence-electron chi connectivity index (χ3n) is 3.57. The van der Waals surface area contributed by atoms with E-state index in [0.717, 1.165) is 28.3 Å². The second kappa shape index (κ2) is 4.87. The van der Waals surface area contributed by atoms with Crippen molar-refractivity contribution >= 4 is 11.6 Å². The standard InChI is InChI=1S/C16H16ClNO/c1-10-7-12(17)5-6-14(10)15-4-2-3-11-8-13(9-18)19-16(11)15/h2-7,13H,8-9,18H2,1H3. The first-order chi connectivity index (χ1) is 9.19. The number of benzene rings is 2. The van der Waals surface area contributed by atoms with Gasteiger partial charge in [0.2, 0.25) is 0 Å². The highest BCUT2D eigenvalue weighted by molar-refractivity contribution is 6.30. The molecule has 0 aromatic heterocycles. The van der Waals surface area contributed by atoms with Crippen molar-refractivity contribution in [2.24, 2.45) is 5.73 Å². The predicted molar refractivity (Wildman–Crippen MR) is 78.8 cm³/mol. The highest BCUT2D eigenvalue weighted by Crippen LogP contribution is 2.40. The van der Waals surface area contributed by atoms with Crippen LogP contribution in [0.4, 0.5) is 0 Å². The Hall–Kier alpha value is -1.51. The Morgan fingerprint density at radius 1 is 1.26 bits per heavy atom. The molecule has 0 radical (unpaired) electrons. The summed E-state index contributed by atoms with van der Waals surface area (Å²) in [6, 6.07) is 12.2. The topological polar surface area (TPSA) is 35.2 Å². The molecule has 3 rings (SSSR count). The van der Waals surface area contributed by atoms with Crippen molar-refractivity contribution in [1.82, 2.24) is 0 Å². The molecule has 0 bridgehead atoms. The SMILES string of the molecule is Cc1cc(Cl)ccc1-c1cccc2c1OC(CN)C2. The molecule has 1 aliphatic rings. The van der Waals surface area contributed by atoms with Crippen molar-refractivity contribution in [1.29, 1.82) is 0 Å². The van der Waals surface area contributed by atoms with E-state index in [1.165, 1.54) is 11.1 Å². The van der Waals surface area contributed by atoms with E-state index >= 15 is 0 Å². The van der Waals surface area contributed by atoms with Gasteiger partial charge in [0, 0.05) is 23.6 Å². The fraction of sp³-hybridized carbons (Fsp3) is 0.250. The number of rotatable bonds is 2. The summed E-state index contributed by atoms with van der Waals surface area (Å²) in [5, 5.41) is 0.759. The molecule has 0 aliphatic carbocycles. The second-order valence-electron chi connectivity index (χ2n) is 4.93. The number of nitrogens with two attached hydrogens (primary N) is 1. The van der Waals surface area contributed by atoms with Crippen molar-refractivity contribution in [2.45, 2.75) is 19.4 Å². The number of aryl methyl sites for hydroxylation is 1. The van der Waals surface area contributed by atoms with Gasteiger partial charge in [0.15, 0.2) is 0 Å². The van der Waals surface area contributed by atoms with Crippen LogP contribution in [0.5, 0.6) is 5.75 Å². The van der Waals surface area contributed by atoms with Gasteiger partial charge in [0.25, 0.3) is 0 Å². The van der Waals surface area contributed by atoms with Crippen LogP contribution in [0.25, 0.3) is 11.1 Å². The summed E-state index contributed by atoms with van der Waals surface area (Å²) in [7, 11) is 0. The van der Waals surface area contributed by atoms with Gasteiger partial charge in [0.1, 0.15) is 11.9 Å². The molecule has 19 heavy (non-hydrogen) atoms. The van der Waals surface area contributed by atoms with Crippen LogP contribution in [-0.4, -0.2) is 12.6 Å². The first kappa shape index (κ1) is 12.5. The Labute approximate surface area is 118 Å². The van der Waals surface area contributed by atoms with E-state index in [1.807, 2.05) is 18.2 Å². The Bertz CT molecular complexity index is 624. The van der Waals surface area contributed by atoms with E-state index in [1.54, 1.807) is 0 Å². The lowest BCUT2D eigenvalue weighted by Crippen LogP contribution is -2.24. The average molecular weight is 274 g/mol. The number of fused-ring (bicyclic) bond motifs is 1. The third kappa shape index (κ3) is 2.22. The molecule has 2 aromatic carbocycles. The zero-order chi connectivity index (χ0) is 13.4. The van der Waals surface area contributed by atoms with Gasteiger partial charge in [0.05, 0.1) is 0 Å². The van der Waals surface area contributed by atoms with Crippen LogP contribution in [0.1, 0.15) is 11.1 Å². The van der Waals surface area contributed by atoms with Gasteiger partial charge in [-0.05, 0) is 35.7 Å². The molecule has 2 aromatic rings. The fourth-order valence-electron chi connectivity index (χ4n) is 2.61. The molecular formula is C16H16ClNO. The monoisotopic (exact) mass is 273 g/mol. The molecule has 0 fully saturated rings. The minimum absolute atomic E-state index is 0.101. The number of hydrogen-bond acceptors (Lipinski definition) is 2. The summed E-state index contributed by atoms with van der Waals surface area (Å²) in [5.41, 5.74) is 10.4. The lowest BCUT2D eigenvalue weighted by molar-refractivity contribution is 0.242. The number of hydrogen-bond donors (Lipinski definition) is 1. The van der Waals surface area contributed by atoms with Gasteiger partial charge in [-0.1, -0.05) is 35.9 Å². The van der Waals surface area contributed by atoms with Crippen LogP contribution >= 0.6 is 11.6 Å². The molecular weight excluding hydrogens is 258 g/mol. The maximum atomic E-state index is 6.02. The normalized spacial score (nSPS) is 17.1. The summed E-state index contributed by atoms with van der Waals surface area (Å²) in [5.74, 6) is 0.975. The van der Waals surface area contributed by atoms with Crippen LogP contribution in [0.2, 0.25) is 5.02 Å². The molecule has 1 unspecified atom stereocenters. The van der Waals surface area contributed by atoms with Gasteiger partial charge in [-0.2, -0.15) is 0 Å². The molecule has 2 nitrogen and oxygen atoms in total. The van der Waals surface area contributed by atoms with E-state index in [9.17, 15) is 0 Å².